The summed E-state index contributed by atoms with van der Waals surface area (Å²) in [5.41, 5.74) is 2.79. The molecule has 2 aromatic carbocycles. The van der Waals surface area contributed by atoms with Gasteiger partial charge < -0.3 is 9.80 Å². The van der Waals surface area contributed by atoms with Gasteiger partial charge in [-0.05, 0) is 43.2 Å². The van der Waals surface area contributed by atoms with Gasteiger partial charge in [-0.3, -0.25) is 4.79 Å². The molecule has 2 aromatic rings. The standard InChI is InChI=1S/C17H18F2N2O/c1-11-6-5-7-14(19)17(11)21(4)16-9-13(18)8-15(12(16)2)20(3)10-22/h5-10H,1-4H3. The van der Waals surface area contributed by atoms with Crippen LogP contribution in [0.2, 0.25) is 0 Å². The van der Waals surface area contributed by atoms with Crippen LogP contribution in [0.15, 0.2) is 30.3 Å². The first-order valence-corrected chi connectivity index (χ1v) is 6.84. The molecular formula is C17H18F2N2O. The van der Waals surface area contributed by atoms with Gasteiger partial charge in [0.15, 0.2) is 0 Å². The van der Waals surface area contributed by atoms with Crippen LogP contribution >= 0.6 is 0 Å². The highest BCUT2D eigenvalue weighted by atomic mass is 19.1. The number of hydrogen-bond donors (Lipinski definition) is 0. The average molecular weight is 304 g/mol. The molecule has 3 nitrogen and oxygen atoms in total. The van der Waals surface area contributed by atoms with Crippen LogP contribution in [0.3, 0.4) is 0 Å². The van der Waals surface area contributed by atoms with Gasteiger partial charge in [0.25, 0.3) is 0 Å². The molecule has 0 bridgehead atoms. The van der Waals surface area contributed by atoms with Crippen molar-refractivity contribution in [3.05, 3.63) is 53.1 Å². The van der Waals surface area contributed by atoms with Gasteiger partial charge in [-0.2, -0.15) is 0 Å². The summed E-state index contributed by atoms with van der Waals surface area (Å²) >= 11 is 0. The van der Waals surface area contributed by atoms with Crippen molar-refractivity contribution in [2.24, 2.45) is 0 Å². The van der Waals surface area contributed by atoms with Crippen LogP contribution < -0.4 is 9.80 Å². The van der Waals surface area contributed by atoms with Crippen molar-refractivity contribution < 1.29 is 13.6 Å². The molecule has 0 radical (unpaired) electrons. The van der Waals surface area contributed by atoms with E-state index in [0.717, 1.165) is 5.56 Å². The third-order valence-corrected chi connectivity index (χ3v) is 3.74. The smallest absolute Gasteiger partial charge is 0.213 e. The quantitative estimate of drug-likeness (QED) is 0.799. The number of amides is 1. The number of carbonyl (C=O) groups is 1. The van der Waals surface area contributed by atoms with Crippen LogP contribution in [-0.2, 0) is 4.79 Å². The summed E-state index contributed by atoms with van der Waals surface area (Å²) in [7, 11) is 3.23. The Morgan fingerprint density at radius 3 is 2.27 bits per heavy atom. The normalized spacial score (nSPS) is 10.5. The molecule has 0 spiro atoms. The van der Waals surface area contributed by atoms with Gasteiger partial charge in [-0.25, -0.2) is 8.78 Å². The molecule has 0 aliphatic heterocycles. The monoisotopic (exact) mass is 304 g/mol. The number of anilines is 3. The predicted octanol–water partition coefficient (Wildman–Crippen LogP) is 3.94. The van der Waals surface area contributed by atoms with E-state index in [1.807, 2.05) is 0 Å². The Morgan fingerprint density at radius 2 is 1.68 bits per heavy atom. The molecule has 0 fully saturated rings. The fraction of sp³-hybridized carbons (Fsp3) is 0.235. The lowest BCUT2D eigenvalue weighted by Gasteiger charge is -2.26. The lowest BCUT2D eigenvalue weighted by molar-refractivity contribution is -0.107. The fourth-order valence-electron chi connectivity index (χ4n) is 2.59. The largest absolute Gasteiger partial charge is 0.342 e. The van der Waals surface area contributed by atoms with Gasteiger partial charge in [0.2, 0.25) is 6.41 Å². The van der Waals surface area contributed by atoms with E-state index in [9.17, 15) is 13.6 Å². The Hall–Kier alpha value is -2.43. The maximum Gasteiger partial charge on any atom is 0.213 e. The molecule has 116 valence electrons. The van der Waals surface area contributed by atoms with Crippen molar-refractivity contribution in [1.82, 2.24) is 0 Å². The van der Waals surface area contributed by atoms with Gasteiger partial charge >= 0.3 is 0 Å². The van der Waals surface area contributed by atoms with Crippen molar-refractivity contribution in [1.29, 1.82) is 0 Å². The second-order valence-electron chi connectivity index (χ2n) is 5.25. The van der Waals surface area contributed by atoms with Crippen LogP contribution in [0.25, 0.3) is 0 Å². The Morgan fingerprint density at radius 1 is 1.05 bits per heavy atom. The third kappa shape index (κ3) is 2.79. The minimum absolute atomic E-state index is 0.378. The molecule has 0 saturated heterocycles. The van der Waals surface area contributed by atoms with Crippen LogP contribution in [-0.4, -0.2) is 20.5 Å². The molecule has 5 heteroatoms. The second kappa shape index (κ2) is 6.13. The molecule has 0 N–H and O–H groups in total. The first kappa shape index (κ1) is 15.9. The molecule has 0 saturated carbocycles. The van der Waals surface area contributed by atoms with E-state index < -0.39 is 5.82 Å². The molecular weight excluding hydrogens is 286 g/mol. The summed E-state index contributed by atoms with van der Waals surface area (Å²) in [5, 5.41) is 0. The van der Waals surface area contributed by atoms with E-state index in [0.29, 0.717) is 29.0 Å². The van der Waals surface area contributed by atoms with E-state index in [1.54, 1.807) is 45.0 Å². The summed E-state index contributed by atoms with van der Waals surface area (Å²) in [6.45, 7) is 3.57. The summed E-state index contributed by atoms with van der Waals surface area (Å²) in [5.74, 6) is -0.860. The highest BCUT2D eigenvalue weighted by Gasteiger charge is 2.18. The number of rotatable bonds is 4. The van der Waals surface area contributed by atoms with Gasteiger partial charge in [0.05, 0.1) is 11.4 Å². The predicted molar refractivity (Wildman–Crippen MR) is 84.8 cm³/mol. The Kier molecular flexibility index (Phi) is 4.45. The summed E-state index contributed by atoms with van der Waals surface area (Å²) in [6, 6.07) is 7.42. The van der Waals surface area contributed by atoms with Crippen LogP contribution in [0.4, 0.5) is 25.8 Å². The molecule has 0 atom stereocenters. The molecule has 22 heavy (non-hydrogen) atoms. The topological polar surface area (TPSA) is 23.6 Å². The van der Waals surface area contributed by atoms with Gasteiger partial charge in [0.1, 0.15) is 11.6 Å². The highest BCUT2D eigenvalue weighted by Crippen LogP contribution is 2.35. The van der Waals surface area contributed by atoms with Crippen LogP contribution in [0.5, 0.6) is 0 Å². The van der Waals surface area contributed by atoms with E-state index in [-0.39, 0.29) is 5.82 Å². The zero-order chi connectivity index (χ0) is 16.4. The minimum Gasteiger partial charge on any atom is -0.342 e. The van der Waals surface area contributed by atoms with Crippen molar-refractivity contribution in [2.45, 2.75) is 13.8 Å². The van der Waals surface area contributed by atoms with Crippen LogP contribution in [0, 0.1) is 25.5 Å². The van der Waals surface area contributed by atoms with Crippen molar-refractivity contribution in [2.75, 3.05) is 23.9 Å². The number of benzene rings is 2. The van der Waals surface area contributed by atoms with E-state index in [1.165, 1.54) is 23.1 Å². The number of para-hydroxylation sites is 1. The second-order valence-corrected chi connectivity index (χ2v) is 5.25. The molecule has 2 rings (SSSR count). The highest BCUT2D eigenvalue weighted by molar-refractivity contribution is 5.81. The molecule has 0 aromatic heterocycles. The van der Waals surface area contributed by atoms with Crippen molar-refractivity contribution in [3.8, 4) is 0 Å². The average Bonchev–Trinajstić information content (AvgIpc) is 2.48. The van der Waals surface area contributed by atoms with Gasteiger partial charge in [-0.1, -0.05) is 12.1 Å². The summed E-state index contributed by atoms with van der Waals surface area (Å²) in [6.07, 6.45) is 0.611. The Balaban J connectivity index is 2.62. The third-order valence-electron chi connectivity index (χ3n) is 3.74. The lowest BCUT2D eigenvalue weighted by atomic mass is 10.1. The first-order chi connectivity index (χ1) is 10.4. The number of hydrogen-bond acceptors (Lipinski definition) is 2. The maximum absolute atomic E-state index is 14.1. The summed E-state index contributed by atoms with van der Waals surface area (Å²) < 4.78 is 28.1. The van der Waals surface area contributed by atoms with E-state index >= 15 is 0 Å². The number of aryl methyl sites for hydroxylation is 1. The SMILES string of the molecule is Cc1cccc(F)c1N(C)c1cc(F)cc(N(C)C=O)c1C. The number of halogens is 2. The lowest BCUT2D eigenvalue weighted by Crippen LogP contribution is -2.19. The molecule has 1 amide bonds. The molecule has 0 unspecified atom stereocenters. The summed E-state index contributed by atoms with van der Waals surface area (Å²) in [4.78, 5) is 13.9. The Labute approximate surface area is 128 Å². The Bertz CT molecular complexity index is 696. The molecule has 0 heterocycles. The van der Waals surface area contributed by atoms with E-state index in [2.05, 4.69) is 0 Å². The van der Waals surface area contributed by atoms with Gasteiger partial charge in [0, 0.05) is 19.8 Å². The van der Waals surface area contributed by atoms with Gasteiger partial charge in [-0.15, -0.1) is 0 Å². The number of carbonyl (C=O) groups excluding carboxylic acids is 1. The zero-order valence-corrected chi connectivity index (χ0v) is 13.0. The van der Waals surface area contributed by atoms with Crippen molar-refractivity contribution in [3.63, 3.8) is 0 Å². The first-order valence-electron chi connectivity index (χ1n) is 6.84. The number of nitrogens with zero attached hydrogens (tertiary/aromatic N) is 2. The zero-order valence-electron chi connectivity index (χ0n) is 13.0. The molecule has 0 aliphatic carbocycles. The van der Waals surface area contributed by atoms with E-state index in [4.69, 9.17) is 0 Å². The maximum atomic E-state index is 14.1. The minimum atomic E-state index is -0.481. The fourth-order valence-corrected chi connectivity index (χ4v) is 2.59. The van der Waals surface area contributed by atoms with Crippen molar-refractivity contribution >= 4 is 23.5 Å². The van der Waals surface area contributed by atoms with Crippen LogP contribution in [0.1, 0.15) is 11.1 Å². The molecule has 0 aliphatic rings.